The van der Waals surface area contributed by atoms with E-state index in [1.165, 1.54) is 0 Å². The predicted octanol–water partition coefficient (Wildman–Crippen LogP) is 2.57. The van der Waals surface area contributed by atoms with E-state index in [1.54, 1.807) is 6.07 Å². The molecule has 1 atom stereocenters. The second-order valence-electron chi connectivity index (χ2n) is 4.96. The molecule has 18 heavy (non-hydrogen) atoms. The number of phenols is 1. The lowest BCUT2D eigenvalue weighted by atomic mass is 10.1. The van der Waals surface area contributed by atoms with Gasteiger partial charge in [0.2, 0.25) is 0 Å². The van der Waals surface area contributed by atoms with Gasteiger partial charge in [-0.25, -0.2) is 0 Å². The molecular weight excluding hydrogens is 248 g/mol. The van der Waals surface area contributed by atoms with Crippen LogP contribution in [0.15, 0.2) is 18.2 Å². The molecule has 100 valence electrons. The molecule has 1 aliphatic heterocycles. The first kappa shape index (κ1) is 13.7. The van der Waals surface area contributed by atoms with Crippen LogP contribution >= 0.6 is 11.6 Å². The van der Waals surface area contributed by atoms with Crippen LogP contribution in [0, 0.1) is 0 Å². The minimum Gasteiger partial charge on any atom is -0.506 e. The zero-order chi connectivity index (χ0) is 13.1. The molecular formula is C14H21ClN2O. The molecule has 0 spiro atoms. The minimum atomic E-state index is 0.227. The summed E-state index contributed by atoms with van der Waals surface area (Å²) in [5.41, 5.74) is 0.916. The van der Waals surface area contributed by atoms with Gasteiger partial charge in [0.05, 0.1) is 5.02 Å². The van der Waals surface area contributed by atoms with Crippen LogP contribution in [0.1, 0.15) is 19.4 Å². The summed E-state index contributed by atoms with van der Waals surface area (Å²) in [6.07, 6.45) is 0. The highest BCUT2D eigenvalue weighted by atomic mass is 35.5. The number of para-hydroxylation sites is 1. The van der Waals surface area contributed by atoms with Crippen molar-refractivity contribution < 1.29 is 5.11 Å². The van der Waals surface area contributed by atoms with Crippen LogP contribution in [0.3, 0.4) is 0 Å². The van der Waals surface area contributed by atoms with Crippen molar-refractivity contribution in [2.45, 2.75) is 26.4 Å². The lowest BCUT2D eigenvalue weighted by molar-refractivity contribution is 0.0829. The van der Waals surface area contributed by atoms with E-state index >= 15 is 0 Å². The SMILES string of the molecule is CCN1CCN(Cc2cccc(Cl)c2O)CC1C. The molecule has 1 aromatic rings. The second-order valence-corrected chi connectivity index (χ2v) is 5.37. The molecule has 1 aromatic carbocycles. The van der Waals surface area contributed by atoms with Crippen LogP contribution in [-0.2, 0) is 6.54 Å². The van der Waals surface area contributed by atoms with Crippen molar-refractivity contribution in [2.75, 3.05) is 26.2 Å². The van der Waals surface area contributed by atoms with Gasteiger partial charge in [-0.1, -0.05) is 30.7 Å². The summed E-state index contributed by atoms with van der Waals surface area (Å²) in [5.74, 6) is 0.227. The standard InChI is InChI=1S/C14H21ClN2O/c1-3-17-8-7-16(9-11(17)2)10-12-5-4-6-13(15)14(12)18/h4-6,11,18H,3,7-10H2,1-2H3. The van der Waals surface area contributed by atoms with Gasteiger partial charge in [0, 0.05) is 37.8 Å². The van der Waals surface area contributed by atoms with Crippen LogP contribution in [-0.4, -0.2) is 47.1 Å². The normalized spacial score (nSPS) is 22.3. The Morgan fingerprint density at radius 3 is 2.83 bits per heavy atom. The van der Waals surface area contributed by atoms with Crippen molar-refractivity contribution >= 4 is 11.6 Å². The number of halogens is 1. The fourth-order valence-electron chi connectivity index (χ4n) is 2.61. The Morgan fingerprint density at radius 1 is 1.39 bits per heavy atom. The maximum absolute atomic E-state index is 9.92. The van der Waals surface area contributed by atoms with Gasteiger partial charge < -0.3 is 5.11 Å². The van der Waals surface area contributed by atoms with E-state index < -0.39 is 0 Å². The summed E-state index contributed by atoms with van der Waals surface area (Å²) in [7, 11) is 0. The van der Waals surface area contributed by atoms with Gasteiger partial charge in [0.25, 0.3) is 0 Å². The Labute approximate surface area is 114 Å². The first-order valence-corrected chi connectivity index (χ1v) is 6.92. The van der Waals surface area contributed by atoms with Crippen molar-refractivity contribution in [1.29, 1.82) is 0 Å². The van der Waals surface area contributed by atoms with Crippen molar-refractivity contribution in [3.05, 3.63) is 28.8 Å². The van der Waals surface area contributed by atoms with Gasteiger partial charge in [0.1, 0.15) is 5.75 Å². The fraction of sp³-hybridized carbons (Fsp3) is 0.571. The Bertz CT molecular complexity index is 411. The topological polar surface area (TPSA) is 26.7 Å². The molecule has 1 heterocycles. The third-order valence-electron chi connectivity index (χ3n) is 3.72. The maximum atomic E-state index is 9.92. The van der Waals surface area contributed by atoms with E-state index in [-0.39, 0.29) is 5.75 Å². The van der Waals surface area contributed by atoms with Crippen LogP contribution in [0.2, 0.25) is 5.02 Å². The van der Waals surface area contributed by atoms with Crippen molar-refractivity contribution in [1.82, 2.24) is 9.80 Å². The van der Waals surface area contributed by atoms with Crippen LogP contribution in [0.25, 0.3) is 0 Å². The number of rotatable bonds is 3. The Balaban J connectivity index is 2.00. The number of phenolic OH excluding ortho intramolecular Hbond substituents is 1. The molecule has 1 N–H and O–H groups in total. The molecule has 0 aliphatic carbocycles. The number of benzene rings is 1. The van der Waals surface area contributed by atoms with Gasteiger partial charge >= 0.3 is 0 Å². The number of piperazine rings is 1. The molecule has 1 saturated heterocycles. The molecule has 1 aliphatic rings. The lowest BCUT2D eigenvalue weighted by Crippen LogP contribution is -2.51. The highest BCUT2D eigenvalue weighted by Crippen LogP contribution is 2.28. The first-order valence-electron chi connectivity index (χ1n) is 6.54. The number of likely N-dealkylation sites (N-methyl/N-ethyl adjacent to an activating group) is 1. The van der Waals surface area contributed by atoms with E-state index in [0.29, 0.717) is 11.1 Å². The summed E-state index contributed by atoms with van der Waals surface area (Å²) in [6.45, 7) is 9.52. The second kappa shape index (κ2) is 5.91. The van der Waals surface area contributed by atoms with Crippen molar-refractivity contribution in [3.63, 3.8) is 0 Å². The van der Waals surface area contributed by atoms with E-state index in [2.05, 4.69) is 23.6 Å². The third-order valence-corrected chi connectivity index (χ3v) is 4.02. The van der Waals surface area contributed by atoms with Crippen LogP contribution in [0.5, 0.6) is 5.75 Å². The average molecular weight is 269 g/mol. The average Bonchev–Trinajstić information content (AvgIpc) is 2.35. The number of aromatic hydroxyl groups is 1. The zero-order valence-electron chi connectivity index (χ0n) is 11.1. The van der Waals surface area contributed by atoms with Gasteiger partial charge in [-0.15, -0.1) is 0 Å². The van der Waals surface area contributed by atoms with Gasteiger partial charge in [0.15, 0.2) is 0 Å². The van der Waals surface area contributed by atoms with Gasteiger partial charge in [-0.05, 0) is 19.5 Å². The third kappa shape index (κ3) is 2.97. The minimum absolute atomic E-state index is 0.227. The highest BCUT2D eigenvalue weighted by molar-refractivity contribution is 6.32. The summed E-state index contributed by atoms with van der Waals surface area (Å²) >= 11 is 5.93. The molecule has 1 unspecified atom stereocenters. The van der Waals surface area contributed by atoms with E-state index in [9.17, 15) is 5.11 Å². The molecule has 2 rings (SSSR count). The highest BCUT2D eigenvalue weighted by Gasteiger charge is 2.22. The molecule has 0 aromatic heterocycles. The zero-order valence-corrected chi connectivity index (χ0v) is 11.8. The molecule has 0 amide bonds. The Kier molecular flexibility index (Phi) is 4.49. The first-order chi connectivity index (χ1) is 8.61. The van der Waals surface area contributed by atoms with E-state index in [0.717, 1.165) is 38.3 Å². The monoisotopic (exact) mass is 268 g/mol. The summed E-state index contributed by atoms with van der Waals surface area (Å²) < 4.78 is 0. The summed E-state index contributed by atoms with van der Waals surface area (Å²) in [4.78, 5) is 4.86. The molecule has 0 radical (unpaired) electrons. The Morgan fingerprint density at radius 2 is 2.17 bits per heavy atom. The number of hydrogen-bond donors (Lipinski definition) is 1. The Hall–Kier alpha value is -0.770. The van der Waals surface area contributed by atoms with Crippen molar-refractivity contribution in [3.8, 4) is 5.75 Å². The number of nitrogens with zero attached hydrogens (tertiary/aromatic N) is 2. The molecule has 1 fully saturated rings. The van der Waals surface area contributed by atoms with Crippen molar-refractivity contribution in [2.24, 2.45) is 0 Å². The fourth-order valence-corrected chi connectivity index (χ4v) is 2.81. The quantitative estimate of drug-likeness (QED) is 0.913. The van der Waals surface area contributed by atoms with Gasteiger partial charge in [-0.2, -0.15) is 0 Å². The molecule has 4 heteroatoms. The molecule has 3 nitrogen and oxygen atoms in total. The predicted molar refractivity (Wildman–Crippen MR) is 75.1 cm³/mol. The lowest BCUT2D eigenvalue weighted by Gasteiger charge is -2.39. The molecule has 0 bridgehead atoms. The van der Waals surface area contributed by atoms with Crippen LogP contribution < -0.4 is 0 Å². The summed E-state index contributed by atoms with van der Waals surface area (Å²) in [6, 6.07) is 6.13. The number of hydrogen-bond acceptors (Lipinski definition) is 3. The molecule has 0 saturated carbocycles. The smallest absolute Gasteiger partial charge is 0.138 e. The van der Waals surface area contributed by atoms with Gasteiger partial charge in [-0.3, -0.25) is 9.80 Å². The summed E-state index contributed by atoms with van der Waals surface area (Å²) in [5, 5.41) is 10.4. The maximum Gasteiger partial charge on any atom is 0.138 e. The van der Waals surface area contributed by atoms with Crippen LogP contribution in [0.4, 0.5) is 0 Å². The van der Waals surface area contributed by atoms with E-state index in [4.69, 9.17) is 11.6 Å². The van der Waals surface area contributed by atoms with E-state index in [1.807, 2.05) is 12.1 Å². The largest absolute Gasteiger partial charge is 0.506 e.